The van der Waals surface area contributed by atoms with E-state index in [1.165, 1.54) is 12.1 Å². The highest BCUT2D eigenvalue weighted by atomic mass is 79.9. The lowest BCUT2D eigenvalue weighted by Gasteiger charge is -2.11. The standard InChI is InChI=1S/C14H7BrF2N2O2/c15-9-1-2-12(8(3-9)6-18)19-13-10(16)4-7(14(20)21)5-11(13)17/h1-5,19H,(H,20,21). The minimum atomic E-state index is -1.43. The Morgan fingerprint density at radius 2 is 1.86 bits per heavy atom. The van der Waals surface area contributed by atoms with Crippen LogP contribution in [0.5, 0.6) is 0 Å². The van der Waals surface area contributed by atoms with Crippen LogP contribution in [-0.2, 0) is 0 Å². The summed E-state index contributed by atoms with van der Waals surface area (Å²) in [5, 5.41) is 20.2. The van der Waals surface area contributed by atoms with Gasteiger partial charge in [0.2, 0.25) is 0 Å². The van der Waals surface area contributed by atoms with Gasteiger partial charge in [0.25, 0.3) is 0 Å². The Morgan fingerprint density at radius 3 is 2.38 bits per heavy atom. The van der Waals surface area contributed by atoms with Gasteiger partial charge in [0.15, 0.2) is 11.6 Å². The Balaban J connectivity index is 2.46. The Bertz CT molecular complexity index is 749. The van der Waals surface area contributed by atoms with Gasteiger partial charge in [0.05, 0.1) is 16.8 Å². The Morgan fingerprint density at radius 1 is 1.24 bits per heavy atom. The second-order valence-electron chi connectivity index (χ2n) is 4.05. The van der Waals surface area contributed by atoms with Gasteiger partial charge in [-0.05, 0) is 30.3 Å². The number of carboxylic acid groups (broad SMARTS) is 1. The molecule has 106 valence electrons. The Kier molecular flexibility index (Phi) is 4.19. The molecule has 2 aromatic carbocycles. The quantitative estimate of drug-likeness (QED) is 0.874. The maximum absolute atomic E-state index is 13.8. The van der Waals surface area contributed by atoms with Crippen LogP contribution in [0.1, 0.15) is 15.9 Å². The monoisotopic (exact) mass is 352 g/mol. The zero-order chi connectivity index (χ0) is 15.6. The number of halogens is 3. The molecule has 0 aliphatic carbocycles. The molecule has 0 saturated heterocycles. The molecule has 0 bridgehead atoms. The van der Waals surface area contributed by atoms with Crippen molar-refractivity contribution in [1.29, 1.82) is 5.26 Å². The lowest BCUT2D eigenvalue weighted by atomic mass is 10.1. The molecule has 0 saturated carbocycles. The number of rotatable bonds is 3. The first kappa shape index (κ1) is 14.9. The summed E-state index contributed by atoms with van der Waals surface area (Å²) in [6, 6.07) is 7.88. The molecule has 0 aromatic heterocycles. The molecule has 2 N–H and O–H groups in total. The van der Waals surface area contributed by atoms with Crippen LogP contribution in [-0.4, -0.2) is 11.1 Å². The normalized spacial score (nSPS) is 10.0. The van der Waals surface area contributed by atoms with E-state index < -0.39 is 28.9 Å². The predicted molar refractivity (Wildman–Crippen MR) is 75.5 cm³/mol. The number of carbonyl (C=O) groups is 1. The third-order valence-corrected chi connectivity index (χ3v) is 3.14. The minimum absolute atomic E-state index is 0.186. The maximum atomic E-state index is 13.8. The third-order valence-electron chi connectivity index (χ3n) is 2.65. The number of aromatic carboxylic acids is 1. The molecule has 0 aliphatic rings. The van der Waals surface area contributed by atoms with E-state index in [2.05, 4.69) is 21.2 Å². The average molecular weight is 353 g/mol. The summed E-state index contributed by atoms with van der Waals surface area (Å²) in [5.74, 6) is -3.54. The summed E-state index contributed by atoms with van der Waals surface area (Å²) >= 11 is 3.18. The number of nitrogens with zero attached hydrogens (tertiary/aromatic N) is 1. The van der Waals surface area contributed by atoms with E-state index in [-0.39, 0.29) is 11.3 Å². The van der Waals surface area contributed by atoms with E-state index in [0.29, 0.717) is 16.6 Å². The fourth-order valence-electron chi connectivity index (χ4n) is 1.67. The first-order valence-corrected chi connectivity index (χ1v) is 6.40. The molecule has 0 heterocycles. The molecule has 0 unspecified atom stereocenters. The Hall–Kier alpha value is -2.46. The average Bonchev–Trinajstić information content (AvgIpc) is 2.43. The van der Waals surface area contributed by atoms with Crippen LogP contribution < -0.4 is 5.32 Å². The van der Waals surface area contributed by atoms with Crippen LogP contribution in [0.2, 0.25) is 0 Å². The number of nitriles is 1. The van der Waals surface area contributed by atoms with Crippen molar-refractivity contribution in [3.05, 3.63) is 57.6 Å². The summed E-state index contributed by atoms with van der Waals surface area (Å²) in [6.07, 6.45) is 0. The number of benzene rings is 2. The lowest BCUT2D eigenvalue weighted by molar-refractivity contribution is 0.0696. The summed E-state index contributed by atoms with van der Waals surface area (Å²) in [5.41, 5.74) is -0.613. The fraction of sp³-hybridized carbons (Fsp3) is 0. The van der Waals surface area contributed by atoms with E-state index >= 15 is 0 Å². The van der Waals surface area contributed by atoms with Crippen LogP contribution >= 0.6 is 15.9 Å². The van der Waals surface area contributed by atoms with Crippen molar-refractivity contribution in [3.63, 3.8) is 0 Å². The highest BCUT2D eigenvalue weighted by molar-refractivity contribution is 9.10. The largest absolute Gasteiger partial charge is 0.478 e. The van der Waals surface area contributed by atoms with Crippen LogP contribution in [0.4, 0.5) is 20.2 Å². The zero-order valence-electron chi connectivity index (χ0n) is 10.3. The highest BCUT2D eigenvalue weighted by Crippen LogP contribution is 2.28. The molecule has 2 rings (SSSR count). The van der Waals surface area contributed by atoms with Gasteiger partial charge >= 0.3 is 5.97 Å². The lowest BCUT2D eigenvalue weighted by Crippen LogP contribution is -2.04. The van der Waals surface area contributed by atoms with Gasteiger partial charge in [-0.2, -0.15) is 5.26 Å². The summed E-state index contributed by atoms with van der Waals surface area (Å²) in [4.78, 5) is 10.7. The molecule has 4 nitrogen and oxygen atoms in total. The molecule has 0 radical (unpaired) electrons. The zero-order valence-corrected chi connectivity index (χ0v) is 11.9. The molecule has 21 heavy (non-hydrogen) atoms. The van der Waals surface area contributed by atoms with Crippen LogP contribution in [0, 0.1) is 23.0 Å². The van der Waals surface area contributed by atoms with E-state index in [9.17, 15) is 13.6 Å². The van der Waals surface area contributed by atoms with Crippen molar-refractivity contribution < 1.29 is 18.7 Å². The van der Waals surface area contributed by atoms with Gasteiger partial charge in [-0.15, -0.1) is 0 Å². The number of nitrogens with one attached hydrogen (secondary N) is 1. The van der Waals surface area contributed by atoms with Crippen LogP contribution in [0.15, 0.2) is 34.8 Å². The van der Waals surface area contributed by atoms with E-state index in [1.807, 2.05) is 6.07 Å². The number of hydrogen-bond donors (Lipinski definition) is 2. The first-order valence-electron chi connectivity index (χ1n) is 5.61. The predicted octanol–water partition coefficient (Wildman–Crippen LogP) is 4.04. The smallest absolute Gasteiger partial charge is 0.335 e. The van der Waals surface area contributed by atoms with Crippen molar-refractivity contribution in [2.45, 2.75) is 0 Å². The van der Waals surface area contributed by atoms with Gasteiger partial charge in [-0.3, -0.25) is 0 Å². The van der Waals surface area contributed by atoms with Crippen LogP contribution in [0.3, 0.4) is 0 Å². The van der Waals surface area contributed by atoms with Gasteiger partial charge in [0, 0.05) is 4.47 Å². The molecule has 2 aromatic rings. The van der Waals surface area contributed by atoms with Gasteiger partial charge in [-0.25, -0.2) is 13.6 Å². The number of hydrogen-bond acceptors (Lipinski definition) is 3. The molecule has 0 atom stereocenters. The second-order valence-corrected chi connectivity index (χ2v) is 4.96. The fourth-order valence-corrected chi connectivity index (χ4v) is 2.03. The second kappa shape index (κ2) is 5.89. The number of carboxylic acids is 1. The van der Waals surface area contributed by atoms with E-state index in [4.69, 9.17) is 10.4 Å². The maximum Gasteiger partial charge on any atom is 0.335 e. The van der Waals surface area contributed by atoms with Crippen molar-refractivity contribution >= 4 is 33.3 Å². The van der Waals surface area contributed by atoms with Crippen molar-refractivity contribution in [2.24, 2.45) is 0 Å². The van der Waals surface area contributed by atoms with Gasteiger partial charge in [0.1, 0.15) is 11.8 Å². The molecule has 0 fully saturated rings. The Labute approximate surface area is 126 Å². The molecule has 0 spiro atoms. The summed E-state index contributed by atoms with van der Waals surface area (Å²) in [7, 11) is 0. The van der Waals surface area contributed by atoms with Gasteiger partial charge < -0.3 is 10.4 Å². The molecule has 0 aliphatic heterocycles. The van der Waals surface area contributed by atoms with E-state index in [1.54, 1.807) is 6.07 Å². The summed E-state index contributed by atoms with van der Waals surface area (Å²) in [6.45, 7) is 0. The topological polar surface area (TPSA) is 73.1 Å². The number of anilines is 2. The molecule has 7 heteroatoms. The van der Waals surface area contributed by atoms with Crippen molar-refractivity contribution in [1.82, 2.24) is 0 Å². The van der Waals surface area contributed by atoms with Crippen LogP contribution in [0.25, 0.3) is 0 Å². The highest BCUT2D eigenvalue weighted by Gasteiger charge is 2.16. The van der Waals surface area contributed by atoms with E-state index in [0.717, 1.165) is 0 Å². The minimum Gasteiger partial charge on any atom is -0.478 e. The summed E-state index contributed by atoms with van der Waals surface area (Å²) < 4.78 is 28.3. The first-order chi connectivity index (χ1) is 9.92. The third kappa shape index (κ3) is 3.17. The molecular weight excluding hydrogens is 346 g/mol. The molecule has 0 amide bonds. The van der Waals surface area contributed by atoms with Crippen molar-refractivity contribution in [3.8, 4) is 6.07 Å². The van der Waals surface area contributed by atoms with Gasteiger partial charge in [-0.1, -0.05) is 15.9 Å². The SMILES string of the molecule is N#Cc1cc(Br)ccc1Nc1c(F)cc(C(=O)O)cc1F. The van der Waals surface area contributed by atoms with Crippen molar-refractivity contribution in [2.75, 3.05) is 5.32 Å². The molecular formula is C14H7BrF2N2O2.